The van der Waals surface area contributed by atoms with Gasteiger partial charge in [0, 0.05) is 30.8 Å². The number of rotatable bonds is 8. The Bertz CT molecular complexity index is 480. The van der Waals surface area contributed by atoms with Crippen molar-refractivity contribution in [3.8, 4) is 0 Å². The molecule has 0 bridgehead atoms. The molecule has 0 spiro atoms. The Morgan fingerprint density at radius 2 is 1.65 bits per heavy atom. The van der Waals surface area contributed by atoms with E-state index in [-0.39, 0.29) is 36.2 Å². The number of hydrogen-bond donors (Lipinski definition) is 3. The summed E-state index contributed by atoms with van der Waals surface area (Å²) in [6, 6.07) is 0.0751. The SMILES string of the molecule is CC(CCC(=O)O)NC(=O)C1CCC(NC(=O)CC2CCCCC2)CC1. The van der Waals surface area contributed by atoms with Crippen molar-refractivity contribution >= 4 is 17.8 Å². The smallest absolute Gasteiger partial charge is 0.303 e. The second-order valence-corrected chi connectivity index (χ2v) is 8.17. The summed E-state index contributed by atoms with van der Waals surface area (Å²) in [7, 11) is 0. The average Bonchev–Trinajstić information content (AvgIpc) is 2.61. The maximum absolute atomic E-state index is 12.3. The summed E-state index contributed by atoms with van der Waals surface area (Å²) in [5.41, 5.74) is 0. The van der Waals surface area contributed by atoms with Gasteiger partial charge in [0.05, 0.1) is 0 Å². The monoisotopic (exact) mass is 366 g/mol. The van der Waals surface area contributed by atoms with E-state index in [1.165, 1.54) is 32.1 Å². The molecule has 1 unspecified atom stereocenters. The highest BCUT2D eigenvalue weighted by Crippen LogP contribution is 2.27. The van der Waals surface area contributed by atoms with Crippen LogP contribution < -0.4 is 10.6 Å². The molecule has 0 saturated heterocycles. The molecule has 0 aliphatic heterocycles. The summed E-state index contributed by atoms with van der Waals surface area (Å²) in [5, 5.41) is 14.8. The number of nitrogens with one attached hydrogen (secondary N) is 2. The summed E-state index contributed by atoms with van der Waals surface area (Å²) in [4.78, 5) is 35.1. The highest BCUT2D eigenvalue weighted by atomic mass is 16.4. The average molecular weight is 367 g/mol. The fourth-order valence-electron chi connectivity index (χ4n) is 4.21. The number of hydrogen-bond acceptors (Lipinski definition) is 3. The zero-order valence-corrected chi connectivity index (χ0v) is 16.0. The molecule has 2 rings (SSSR count). The molecule has 2 fully saturated rings. The Balaban J connectivity index is 1.63. The van der Waals surface area contributed by atoms with Crippen LogP contribution in [-0.4, -0.2) is 35.0 Å². The summed E-state index contributed by atoms with van der Waals surface area (Å²) < 4.78 is 0. The van der Waals surface area contributed by atoms with E-state index in [0.717, 1.165) is 25.7 Å². The first-order chi connectivity index (χ1) is 12.4. The molecule has 6 heteroatoms. The van der Waals surface area contributed by atoms with Gasteiger partial charge in [0.25, 0.3) is 0 Å². The Morgan fingerprint density at radius 1 is 1.00 bits per heavy atom. The minimum Gasteiger partial charge on any atom is -0.481 e. The summed E-state index contributed by atoms with van der Waals surface area (Å²) in [6.45, 7) is 1.85. The van der Waals surface area contributed by atoms with Crippen LogP contribution in [-0.2, 0) is 14.4 Å². The molecule has 148 valence electrons. The van der Waals surface area contributed by atoms with Crippen molar-refractivity contribution < 1.29 is 19.5 Å². The van der Waals surface area contributed by atoms with Gasteiger partial charge < -0.3 is 15.7 Å². The van der Waals surface area contributed by atoms with Gasteiger partial charge in [-0.05, 0) is 57.8 Å². The number of carbonyl (C=O) groups is 3. The van der Waals surface area contributed by atoms with Gasteiger partial charge in [-0.15, -0.1) is 0 Å². The Kier molecular flexibility index (Phi) is 8.39. The van der Waals surface area contributed by atoms with Crippen LogP contribution in [0.15, 0.2) is 0 Å². The molecule has 0 aromatic rings. The van der Waals surface area contributed by atoms with Crippen LogP contribution in [0.3, 0.4) is 0 Å². The number of carboxylic acid groups (broad SMARTS) is 1. The molecular weight excluding hydrogens is 332 g/mol. The van der Waals surface area contributed by atoms with E-state index in [0.29, 0.717) is 18.8 Å². The summed E-state index contributed by atoms with van der Waals surface area (Å²) in [6.07, 6.45) is 10.6. The number of carbonyl (C=O) groups excluding carboxylic acids is 2. The minimum atomic E-state index is -0.837. The van der Waals surface area contributed by atoms with Gasteiger partial charge in [0.2, 0.25) is 11.8 Å². The van der Waals surface area contributed by atoms with Crippen LogP contribution in [0, 0.1) is 11.8 Å². The largest absolute Gasteiger partial charge is 0.481 e. The lowest BCUT2D eigenvalue weighted by molar-refractivity contribution is -0.137. The van der Waals surface area contributed by atoms with Crippen molar-refractivity contribution in [2.24, 2.45) is 11.8 Å². The number of aliphatic carboxylic acids is 1. The molecule has 0 aromatic heterocycles. The lowest BCUT2D eigenvalue weighted by atomic mass is 9.84. The quantitative estimate of drug-likeness (QED) is 0.615. The fourth-order valence-corrected chi connectivity index (χ4v) is 4.21. The minimum absolute atomic E-state index is 0.0197. The topological polar surface area (TPSA) is 95.5 Å². The van der Waals surface area contributed by atoms with E-state index in [4.69, 9.17) is 5.11 Å². The Morgan fingerprint density at radius 3 is 2.27 bits per heavy atom. The standard InChI is InChI=1S/C20H34N2O4/c1-14(7-12-19(24)25)21-20(26)16-8-10-17(11-9-16)22-18(23)13-15-5-3-2-4-6-15/h14-17H,2-13H2,1H3,(H,21,26)(H,22,23)(H,24,25). The predicted molar refractivity (Wildman–Crippen MR) is 99.6 cm³/mol. The van der Waals surface area contributed by atoms with E-state index < -0.39 is 5.97 Å². The lowest BCUT2D eigenvalue weighted by Gasteiger charge is -2.30. The van der Waals surface area contributed by atoms with Crippen LogP contribution in [0.1, 0.15) is 84.0 Å². The molecule has 26 heavy (non-hydrogen) atoms. The van der Waals surface area contributed by atoms with Crippen LogP contribution >= 0.6 is 0 Å². The van der Waals surface area contributed by atoms with E-state index in [1.54, 1.807) is 0 Å². The van der Waals surface area contributed by atoms with Gasteiger partial charge in [0.1, 0.15) is 0 Å². The van der Waals surface area contributed by atoms with E-state index in [2.05, 4.69) is 10.6 Å². The van der Waals surface area contributed by atoms with Gasteiger partial charge in [-0.3, -0.25) is 14.4 Å². The zero-order valence-electron chi connectivity index (χ0n) is 16.0. The Hall–Kier alpha value is -1.59. The van der Waals surface area contributed by atoms with Gasteiger partial charge in [-0.25, -0.2) is 0 Å². The molecule has 6 nitrogen and oxygen atoms in total. The highest BCUT2D eigenvalue weighted by Gasteiger charge is 2.28. The van der Waals surface area contributed by atoms with E-state index >= 15 is 0 Å². The van der Waals surface area contributed by atoms with Crippen LogP contribution in [0.25, 0.3) is 0 Å². The third-order valence-electron chi connectivity index (χ3n) is 5.84. The van der Waals surface area contributed by atoms with Gasteiger partial charge in [0.15, 0.2) is 0 Å². The zero-order chi connectivity index (χ0) is 18.9. The van der Waals surface area contributed by atoms with Crippen LogP contribution in [0.2, 0.25) is 0 Å². The molecule has 2 aliphatic carbocycles. The Labute approximate surface area is 156 Å². The molecule has 1 atom stereocenters. The van der Waals surface area contributed by atoms with Gasteiger partial charge in [-0.1, -0.05) is 19.3 Å². The first-order valence-corrected chi connectivity index (χ1v) is 10.3. The normalized spacial score (nSPS) is 25.3. The van der Waals surface area contributed by atoms with Crippen molar-refractivity contribution in [1.82, 2.24) is 10.6 Å². The lowest BCUT2D eigenvalue weighted by Crippen LogP contribution is -2.43. The first-order valence-electron chi connectivity index (χ1n) is 10.3. The van der Waals surface area contributed by atoms with Gasteiger partial charge in [-0.2, -0.15) is 0 Å². The van der Waals surface area contributed by atoms with Crippen molar-refractivity contribution in [3.63, 3.8) is 0 Å². The van der Waals surface area contributed by atoms with Crippen molar-refractivity contribution in [1.29, 1.82) is 0 Å². The second-order valence-electron chi connectivity index (χ2n) is 8.17. The first kappa shape index (κ1) is 20.7. The summed E-state index contributed by atoms with van der Waals surface area (Å²) >= 11 is 0. The molecule has 2 amide bonds. The maximum Gasteiger partial charge on any atom is 0.303 e. The molecule has 0 heterocycles. The molecular formula is C20H34N2O4. The number of amides is 2. The van der Waals surface area contributed by atoms with Crippen molar-refractivity contribution in [3.05, 3.63) is 0 Å². The predicted octanol–water partition coefficient (Wildman–Crippen LogP) is 3.00. The molecule has 2 aliphatic rings. The van der Waals surface area contributed by atoms with Crippen LogP contribution in [0.4, 0.5) is 0 Å². The highest BCUT2D eigenvalue weighted by molar-refractivity contribution is 5.79. The van der Waals surface area contributed by atoms with Gasteiger partial charge >= 0.3 is 5.97 Å². The molecule has 0 radical (unpaired) electrons. The van der Waals surface area contributed by atoms with E-state index in [1.807, 2.05) is 6.92 Å². The van der Waals surface area contributed by atoms with Crippen molar-refractivity contribution in [2.75, 3.05) is 0 Å². The third kappa shape index (κ3) is 7.34. The maximum atomic E-state index is 12.3. The second kappa shape index (κ2) is 10.5. The van der Waals surface area contributed by atoms with Crippen molar-refractivity contribution in [2.45, 2.75) is 96.1 Å². The summed E-state index contributed by atoms with van der Waals surface area (Å²) in [5.74, 6) is -0.107. The number of carboxylic acids is 1. The fraction of sp³-hybridized carbons (Fsp3) is 0.850. The molecule has 3 N–H and O–H groups in total. The van der Waals surface area contributed by atoms with E-state index in [9.17, 15) is 14.4 Å². The van der Waals surface area contributed by atoms with Crippen LogP contribution in [0.5, 0.6) is 0 Å². The molecule has 2 saturated carbocycles. The third-order valence-corrected chi connectivity index (χ3v) is 5.84. The molecule has 0 aromatic carbocycles.